The highest BCUT2D eigenvalue weighted by molar-refractivity contribution is 5.43. The van der Waals surface area contributed by atoms with Crippen molar-refractivity contribution in [3.05, 3.63) is 24.3 Å². The van der Waals surface area contributed by atoms with Crippen molar-refractivity contribution in [3.63, 3.8) is 0 Å². The van der Waals surface area contributed by atoms with Gasteiger partial charge in [0.1, 0.15) is 18.5 Å². The lowest BCUT2D eigenvalue weighted by Crippen LogP contribution is -2.41. The van der Waals surface area contributed by atoms with Crippen molar-refractivity contribution in [3.8, 4) is 5.75 Å². The maximum absolute atomic E-state index is 10.1. The zero-order valence-electron chi connectivity index (χ0n) is 11.9. The first-order valence-electron chi connectivity index (χ1n) is 7.11. The number of hydrogen-bond donors (Lipinski definition) is 3. The monoisotopic (exact) mass is 280 g/mol. The van der Waals surface area contributed by atoms with Gasteiger partial charge in [0, 0.05) is 24.3 Å². The van der Waals surface area contributed by atoms with Crippen LogP contribution in [0.5, 0.6) is 5.75 Å². The van der Waals surface area contributed by atoms with Crippen LogP contribution in [0.3, 0.4) is 0 Å². The largest absolute Gasteiger partial charge is 0.491 e. The SMILES string of the molecule is CC1CCN(CC(O)COc2cccc(N)c2)C1CO. The van der Waals surface area contributed by atoms with Gasteiger partial charge in [-0.1, -0.05) is 13.0 Å². The summed E-state index contributed by atoms with van der Waals surface area (Å²) in [5.41, 5.74) is 6.31. The molecule has 5 heteroatoms. The Kier molecular flexibility index (Phi) is 5.23. The van der Waals surface area contributed by atoms with Crippen LogP contribution in [-0.4, -0.2) is 53.6 Å². The van der Waals surface area contributed by atoms with Crippen LogP contribution in [0.2, 0.25) is 0 Å². The molecule has 2 rings (SSSR count). The topological polar surface area (TPSA) is 79.0 Å². The molecule has 0 spiro atoms. The average Bonchev–Trinajstić information content (AvgIpc) is 2.77. The molecule has 5 nitrogen and oxygen atoms in total. The summed E-state index contributed by atoms with van der Waals surface area (Å²) in [6.07, 6.45) is 0.490. The molecule has 1 aromatic carbocycles. The number of nitrogens with zero attached hydrogens (tertiary/aromatic N) is 1. The third-order valence-corrected chi connectivity index (χ3v) is 3.93. The zero-order chi connectivity index (χ0) is 14.5. The molecule has 0 bridgehead atoms. The number of β-amino-alcohol motifs (C(OH)–C–C–N with tert-alkyl or cyclic N) is 1. The fourth-order valence-corrected chi connectivity index (χ4v) is 2.73. The molecular weight excluding hydrogens is 256 g/mol. The molecular formula is C15H24N2O3. The van der Waals surface area contributed by atoms with E-state index in [9.17, 15) is 10.2 Å². The maximum Gasteiger partial charge on any atom is 0.121 e. The Balaban J connectivity index is 1.79. The molecule has 3 unspecified atom stereocenters. The Morgan fingerprint density at radius 2 is 2.30 bits per heavy atom. The second-order valence-corrected chi connectivity index (χ2v) is 5.55. The predicted molar refractivity (Wildman–Crippen MR) is 78.6 cm³/mol. The number of nitrogen functional groups attached to an aromatic ring is 1. The summed E-state index contributed by atoms with van der Waals surface area (Å²) < 4.78 is 5.54. The van der Waals surface area contributed by atoms with E-state index in [-0.39, 0.29) is 19.3 Å². The lowest BCUT2D eigenvalue weighted by Gasteiger charge is -2.27. The van der Waals surface area contributed by atoms with Gasteiger partial charge in [0.15, 0.2) is 0 Å². The summed E-state index contributed by atoms with van der Waals surface area (Å²) in [5, 5.41) is 19.4. The first kappa shape index (κ1) is 15.1. The number of aliphatic hydroxyl groups is 2. The number of hydrogen-bond acceptors (Lipinski definition) is 5. The van der Waals surface area contributed by atoms with Crippen LogP contribution in [-0.2, 0) is 0 Å². The maximum atomic E-state index is 10.1. The van der Waals surface area contributed by atoms with Crippen molar-refractivity contribution >= 4 is 5.69 Å². The van der Waals surface area contributed by atoms with E-state index in [1.807, 2.05) is 12.1 Å². The van der Waals surface area contributed by atoms with Crippen LogP contribution in [0.4, 0.5) is 5.69 Å². The Bertz CT molecular complexity index is 427. The smallest absolute Gasteiger partial charge is 0.121 e. The zero-order valence-corrected chi connectivity index (χ0v) is 11.9. The Morgan fingerprint density at radius 3 is 3.00 bits per heavy atom. The molecule has 0 amide bonds. The van der Waals surface area contributed by atoms with Crippen LogP contribution in [0.25, 0.3) is 0 Å². The van der Waals surface area contributed by atoms with Crippen molar-refractivity contribution in [2.24, 2.45) is 5.92 Å². The highest BCUT2D eigenvalue weighted by atomic mass is 16.5. The molecule has 1 fully saturated rings. The first-order chi connectivity index (χ1) is 9.60. The number of benzene rings is 1. The van der Waals surface area contributed by atoms with Gasteiger partial charge in [-0.3, -0.25) is 4.90 Å². The van der Waals surface area contributed by atoms with E-state index in [1.54, 1.807) is 12.1 Å². The molecule has 1 aliphatic heterocycles. The van der Waals surface area contributed by atoms with E-state index in [0.29, 0.717) is 23.9 Å². The van der Waals surface area contributed by atoms with Gasteiger partial charge in [-0.05, 0) is 31.0 Å². The molecule has 1 aromatic rings. The second-order valence-electron chi connectivity index (χ2n) is 5.55. The third-order valence-electron chi connectivity index (χ3n) is 3.93. The Morgan fingerprint density at radius 1 is 1.50 bits per heavy atom. The Labute approximate surface area is 120 Å². The third kappa shape index (κ3) is 3.85. The first-order valence-corrected chi connectivity index (χ1v) is 7.11. The lowest BCUT2D eigenvalue weighted by molar-refractivity contribution is 0.0482. The second kappa shape index (κ2) is 6.92. The van der Waals surface area contributed by atoms with Gasteiger partial charge in [-0.25, -0.2) is 0 Å². The van der Waals surface area contributed by atoms with Crippen molar-refractivity contribution in [1.82, 2.24) is 4.90 Å². The van der Waals surface area contributed by atoms with Crippen LogP contribution in [0.1, 0.15) is 13.3 Å². The fourth-order valence-electron chi connectivity index (χ4n) is 2.73. The van der Waals surface area contributed by atoms with Crippen molar-refractivity contribution in [2.45, 2.75) is 25.5 Å². The number of likely N-dealkylation sites (tertiary alicyclic amines) is 1. The molecule has 0 saturated carbocycles. The van der Waals surface area contributed by atoms with Gasteiger partial charge in [0.25, 0.3) is 0 Å². The summed E-state index contributed by atoms with van der Waals surface area (Å²) in [6, 6.07) is 7.32. The summed E-state index contributed by atoms with van der Waals surface area (Å²) in [4.78, 5) is 2.14. The van der Waals surface area contributed by atoms with Gasteiger partial charge in [0.2, 0.25) is 0 Å². The van der Waals surface area contributed by atoms with E-state index in [0.717, 1.165) is 13.0 Å². The number of nitrogens with two attached hydrogens (primary N) is 1. The van der Waals surface area contributed by atoms with Gasteiger partial charge in [-0.15, -0.1) is 0 Å². The summed E-state index contributed by atoms with van der Waals surface area (Å²) >= 11 is 0. The van der Waals surface area contributed by atoms with Gasteiger partial charge in [-0.2, -0.15) is 0 Å². The predicted octanol–water partition coefficient (Wildman–Crippen LogP) is 0.711. The van der Waals surface area contributed by atoms with Gasteiger partial charge >= 0.3 is 0 Å². The highest BCUT2D eigenvalue weighted by Gasteiger charge is 2.31. The standard InChI is InChI=1S/C15H24N2O3/c1-11-5-6-17(15(11)9-18)8-13(19)10-20-14-4-2-3-12(16)7-14/h2-4,7,11,13,15,18-19H,5-6,8-10,16H2,1H3. The number of rotatable bonds is 6. The van der Waals surface area contributed by atoms with Gasteiger partial charge in [0.05, 0.1) is 6.61 Å². The van der Waals surface area contributed by atoms with Gasteiger partial charge < -0.3 is 20.7 Å². The molecule has 4 N–H and O–H groups in total. The fraction of sp³-hybridized carbons (Fsp3) is 0.600. The molecule has 0 aliphatic carbocycles. The molecule has 20 heavy (non-hydrogen) atoms. The van der Waals surface area contributed by atoms with Crippen LogP contribution < -0.4 is 10.5 Å². The summed E-state index contributed by atoms with van der Waals surface area (Å²) in [5.74, 6) is 1.14. The molecule has 1 saturated heterocycles. The number of aliphatic hydroxyl groups excluding tert-OH is 2. The highest BCUT2D eigenvalue weighted by Crippen LogP contribution is 2.23. The van der Waals surface area contributed by atoms with E-state index in [1.165, 1.54) is 0 Å². The van der Waals surface area contributed by atoms with E-state index in [4.69, 9.17) is 10.5 Å². The molecule has 3 atom stereocenters. The molecule has 112 valence electrons. The van der Waals surface area contributed by atoms with Crippen molar-refractivity contribution < 1.29 is 14.9 Å². The molecule has 1 heterocycles. The summed E-state index contributed by atoms with van der Waals surface area (Å²) in [7, 11) is 0. The van der Waals surface area contributed by atoms with Crippen LogP contribution >= 0.6 is 0 Å². The minimum absolute atomic E-state index is 0.143. The van der Waals surface area contributed by atoms with Crippen LogP contribution in [0, 0.1) is 5.92 Å². The average molecular weight is 280 g/mol. The van der Waals surface area contributed by atoms with E-state index < -0.39 is 6.10 Å². The molecule has 0 radical (unpaired) electrons. The number of ether oxygens (including phenoxy) is 1. The van der Waals surface area contributed by atoms with Crippen molar-refractivity contribution in [1.29, 1.82) is 0 Å². The van der Waals surface area contributed by atoms with Crippen LogP contribution in [0.15, 0.2) is 24.3 Å². The minimum atomic E-state index is -0.573. The summed E-state index contributed by atoms with van der Waals surface area (Å²) in [6.45, 7) is 3.95. The molecule has 1 aliphatic rings. The van der Waals surface area contributed by atoms with Crippen molar-refractivity contribution in [2.75, 3.05) is 32.0 Å². The lowest BCUT2D eigenvalue weighted by atomic mass is 10.0. The molecule has 0 aromatic heterocycles. The normalized spacial score (nSPS) is 24.8. The van der Waals surface area contributed by atoms with E-state index >= 15 is 0 Å². The minimum Gasteiger partial charge on any atom is -0.491 e. The Hall–Kier alpha value is -1.30. The quantitative estimate of drug-likeness (QED) is 0.669. The number of anilines is 1. The van der Waals surface area contributed by atoms with E-state index in [2.05, 4.69) is 11.8 Å².